The van der Waals surface area contributed by atoms with E-state index in [0.717, 1.165) is 23.8 Å². The van der Waals surface area contributed by atoms with Crippen LogP contribution in [0.5, 0.6) is 0 Å². The minimum atomic E-state index is -0.716. The summed E-state index contributed by atoms with van der Waals surface area (Å²) in [7, 11) is 0. The summed E-state index contributed by atoms with van der Waals surface area (Å²) < 4.78 is 27.9. The van der Waals surface area contributed by atoms with Crippen LogP contribution in [-0.4, -0.2) is 9.78 Å². The molecule has 0 aliphatic rings. The summed E-state index contributed by atoms with van der Waals surface area (Å²) in [6.45, 7) is 4.15. The predicted molar refractivity (Wildman–Crippen MR) is 95.5 cm³/mol. The summed E-state index contributed by atoms with van der Waals surface area (Å²) in [6, 6.07) is 14.6. The van der Waals surface area contributed by atoms with Crippen LogP contribution >= 0.6 is 0 Å². The Balaban J connectivity index is 0.00000117. The van der Waals surface area contributed by atoms with Gasteiger partial charge in [-0.05, 0) is 35.9 Å². The van der Waals surface area contributed by atoms with Crippen LogP contribution in [0.1, 0.15) is 25.0 Å². The van der Waals surface area contributed by atoms with E-state index in [1.54, 1.807) is 24.3 Å². The summed E-state index contributed by atoms with van der Waals surface area (Å²) in [5.41, 5.74) is 1.38. The average molecular weight is 353 g/mol. The van der Waals surface area contributed by atoms with E-state index < -0.39 is 11.6 Å². The highest BCUT2D eigenvalue weighted by molar-refractivity contribution is 5.58. The summed E-state index contributed by atoms with van der Waals surface area (Å²) in [5, 5.41) is 13.1. The van der Waals surface area contributed by atoms with E-state index in [1.165, 1.54) is 16.8 Å². The Kier molecular flexibility index (Phi) is 6.34. The van der Waals surface area contributed by atoms with Gasteiger partial charge in [-0.15, -0.1) is 0 Å². The zero-order valence-electron chi connectivity index (χ0n) is 14.4. The molecule has 1 aromatic heterocycles. The Labute approximate surface area is 150 Å². The maximum absolute atomic E-state index is 13.4. The van der Waals surface area contributed by atoms with Crippen molar-refractivity contribution >= 4 is 0 Å². The molecule has 0 aliphatic carbocycles. The number of hydrogen-bond donors (Lipinski definition) is 0. The van der Waals surface area contributed by atoms with Gasteiger partial charge in [-0.2, -0.15) is 10.4 Å². The van der Waals surface area contributed by atoms with E-state index in [2.05, 4.69) is 5.10 Å². The summed E-state index contributed by atoms with van der Waals surface area (Å²) in [5.74, 6) is -1.43. The fourth-order valence-corrected chi connectivity index (χ4v) is 2.33. The van der Waals surface area contributed by atoms with Crippen LogP contribution in [0.2, 0.25) is 0 Å². The SMILES string of the molecule is CC.N#Cc1cccc(Cn2nc(-c3cc(F)cc(F)c3)ccc2=O)c1. The second kappa shape index (κ2) is 8.67. The molecule has 0 amide bonds. The maximum Gasteiger partial charge on any atom is 0.267 e. The second-order valence-corrected chi connectivity index (χ2v) is 5.18. The molecule has 0 unspecified atom stereocenters. The van der Waals surface area contributed by atoms with Crippen LogP contribution in [0, 0.1) is 23.0 Å². The summed E-state index contributed by atoms with van der Waals surface area (Å²) >= 11 is 0. The van der Waals surface area contributed by atoms with Gasteiger partial charge in [0.2, 0.25) is 0 Å². The molecule has 4 nitrogen and oxygen atoms in total. The van der Waals surface area contributed by atoms with Crippen molar-refractivity contribution in [2.45, 2.75) is 20.4 Å². The van der Waals surface area contributed by atoms with Crippen molar-refractivity contribution in [3.63, 3.8) is 0 Å². The van der Waals surface area contributed by atoms with Crippen LogP contribution in [-0.2, 0) is 6.54 Å². The summed E-state index contributed by atoms with van der Waals surface area (Å²) in [6.07, 6.45) is 0. The molecule has 0 bridgehead atoms. The number of aromatic nitrogens is 2. The van der Waals surface area contributed by atoms with Crippen molar-refractivity contribution in [2.24, 2.45) is 0 Å². The van der Waals surface area contributed by atoms with Crippen LogP contribution < -0.4 is 5.56 Å². The Morgan fingerprint density at radius 3 is 2.38 bits per heavy atom. The Bertz CT molecular complexity index is 986. The van der Waals surface area contributed by atoms with Crippen LogP contribution in [0.15, 0.2) is 59.4 Å². The van der Waals surface area contributed by atoms with Gasteiger partial charge in [0.1, 0.15) is 11.6 Å². The van der Waals surface area contributed by atoms with Gasteiger partial charge < -0.3 is 0 Å². The molecule has 2 aromatic carbocycles. The first kappa shape index (κ1) is 19.0. The Hall–Kier alpha value is -3.33. The van der Waals surface area contributed by atoms with Crippen molar-refractivity contribution in [3.05, 3.63) is 87.7 Å². The van der Waals surface area contributed by atoms with Crippen LogP contribution in [0.25, 0.3) is 11.3 Å². The van der Waals surface area contributed by atoms with E-state index in [4.69, 9.17) is 5.26 Å². The van der Waals surface area contributed by atoms with Gasteiger partial charge in [-0.25, -0.2) is 13.5 Å². The molecule has 3 aromatic rings. The minimum Gasteiger partial charge on any atom is -0.268 e. The van der Waals surface area contributed by atoms with Crippen molar-refractivity contribution < 1.29 is 8.78 Å². The van der Waals surface area contributed by atoms with E-state index >= 15 is 0 Å². The molecule has 0 N–H and O–H groups in total. The zero-order chi connectivity index (χ0) is 19.1. The standard InChI is InChI=1S/C18H11F2N3O.C2H6/c19-15-7-14(8-16(20)9-15)17-4-5-18(24)23(22-17)11-13-3-1-2-12(6-13)10-21;1-2/h1-9H,11H2;1-2H3. The molecule has 0 fully saturated rings. The second-order valence-electron chi connectivity index (χ2n) is 5.18. The highest BCUT2D eigenvalue weighted by Crippen LogP contribution is 2.18. The minimum absolute atomic E-state index is 0.153. The Morgan fingerprint density at radius 2 is 1.73 bits per heavy atom. The van der Waals surface area contributed by atoms with Gasteiger partial charge in [0.25, 0.3) is 5.56 Å². The molecule has 1 heterocycles. The highest BCUT2D eigenvalue weighted by atomic mass is 19.1. The van der Waals surface area contributed by atoms with E-state index in [0.29, 0.717) is 5.56 Å². The van der Waals surface area contributed by atoms with Crippen LogP contribution in [0.4, 0.5) is 8.78 Å². The van der Waals surface area contributed by atoms with Gasteiger partial charge in [-0.1, -0.05) is 26.0 Å². The lowest BCUT2D eigenvalue weighted by Crippen LogP contribution is -2.22. The molecule has 0 radical (unpaired) electrons. The van der Waals surface area contributed by atoms with Gasteiger partial charge in [0.15, 0.2) is 0 Å². The normalized spacial score (nSPS) is 9.81. The largest absolute Gasteiger partial charge is 0.268 e. The maximum atomic E-state index is 13.4. The van der Waals surface area contributed by atoms with Gasteiger partial charge in [0, 0.05) is 17.7 Å². The molecule has 26 heavy (non-hydrogen) atoms. The number of benzene rings is 2. The van der Waals surface area contributed by atoms with Gasteiger partial charge in [0.05, 0.1) is 23.9 Å². The van der Waals surface area contributed by atoms with Crippen molar-refractivity contribution in [1.29, 1.82) is 5.26 Å². The predicted octanol–water partition coefficient (Wildman–Crippen LogP) is 4.13. The monoisotopic (exact) mass is 353 g/mol. The fourth-order valence-electron chi connectivity index (χ4n) is 2.33. The number of nitrogens with zero attached hydrogens (tertiary/aromatic N) is 3. The molecular formula is C20H17F2N3O. The molecule has 132 valence electrons. The van der Waals surface area contributed by atoms with Crippen LogP contribution in [0.3, 0.4) is 0 Å². The lowest BCUT2D eigenvalue weighted by Gasteiger charge is -2.08. The molecule has 0 saturated heterocycles. The first-order valence-electron chi connectivity index (χ1n) is 8.09. The fraction of sp³-hybridized carbons (Fsp3) is 0.150. The third kappa shape index (κ3) is 4.61. The molecule has 0 spiro atoms. The lowest BCUT2D eigenvalue weighted by atomic mass is 10.1. The van der Waals surface area contributed by atoms with E-state index in [1.807, 2.05) is 19.9 Å². The quantitative estimate of drug-likeness (QED) is 0.711. The van der Waals surface area contributed by atoms with E-state index in [9.17, 15) is 13.6 Å². The lowest BCUT2D eigenvalue weighted by molar-refractivity contribution is 0.583. The molecule has 3 rings (SSSR count). The number of halogens is 2. The highest BCUT2D eigenvalue weighted by Gasteiger charge is 2.08. The number of nitriles is 1. The molecule has 0 aliphatic heterocycles. The third-order valence-corrected chi connectivity index (χ3v) is 3.41. The van der Waals surface area contributed by atoms with Crippen molar-refractivity contribution in [1.82, 2.24) is 9.78 Å². The van der Waals surface area contributed by atoms with Gasteiger partial charge >= 0.3 is 0 Å². The third-order valence-electron chi connectivity index (χ3n) is 3.41. The smallest absolute Gasteiger partial charge is 0.267 e. The first-order valence-corrected chi connectivity index (χ1v) is 8.09. The number of hydrogen-bond acceptors (Lipinski definition) is 3. The molecule has 0 saturated carbocycles. The first-order chi connectivity index (χ1) is 12.5. The van der Waals surface area contributed by atoms with Crippen molar-refractivity contribution in [3.8, 4) is 17.3 Å². The molecule has 6 heteroatoms. The van der Waals surface area contributed by atoms with E-state index in [-0.39, 0.29) is 23.4 Å². The number of rotatable bonds is 3. The average Bonchev–Trinajstić information content (AvgIpc) is 2.64. The Morgan fingerprint density at radius 1 is 1.04 bits per heavy atom. The topological polar surface area (TPSA) is 58.7 Å². The van der Waals surface area contributed by atoms with Gasteiger partial charge in [-0.3, -0.25) is 4.79 Å². The zero-order valence-corrected chi connectivity index (χ0v) is 14.4. The summed E-state index contributed by atoms with van der Waals surface area (Å²) in [4.78, 5) is 12.0. The molecular weight excluding hydrogens is 336 g/mol. The molecule has 0 atom stereocenters. The van der Waals surface area contributed by atoms with Crippen molar-refractivity contribution in [2.75, 3.05) is 0 Å².